The fourth-order valence-corrected chi connectivity index (χ4v) is 1.97. The second-order valence-corrected chi connectivity index (χ2v) is 5.55. The summed E-state index contributed by atoms with van der Waals surface area (Å²) in [7, 11) is 0. The Kier molecular flexibility index (Phi) is 2.81. The summed E-state index contributed by atoms with van der Waals surface area (Å²) in [6.45, 7) is 2.06. The number of thiol groups is 1. The van der Waals surface area contributed by atoms with Crippen molar-refractivity contribution in [3.8, 4) is 0 Å². The van der Waals surface area contributed by atoms with E-state index < -0.39 is 0 Å². The van der Waals surface area contributed by atoms with Crippen molar-refractivity contribution in [3.63, 3.8) is 0 Å². The van der Waals surface area contributed by atoms with Crippen molar-refractivity contribution < 1.29 is 4.79 Å². The van der Waals surface area contributed by atoms with Crippen molar-refractivity contribution in [2.75, 3.05) is 0 Å². The van der Waals surface area contributed by atoms with Crippen LogP contribution in [0.25, 0.3) is 0 Å². The average Bonchev–Trinajstić information content (AvgIpc) is 2.87. The van der Waals surface area contributed by atoms with Crippen molar-refractivity contribution in [2.45, 2.75) is 30.2 Å². The van der Waals surface area contributed by atoms with Gasteiger partial charge in [0, 0.05) is 14.9 Å². The number of rotatable bonds is 2. The van der Waals surface area contributed by atoms with E-state index in [4.69, 9.17) is 0 Å². The van der Waals surface area contributed by atoms with E-state index in [2.05, 4.69) is 40.8 Å². The van der Waals surface area contributed by atoms with E-state index >= 15 is 0 Å². The lowest BCUT2D eigenvalue weighted by Gasteiger charge is -2.12. The number of amides is 1. The van der Waals surface area contributed by atoms with Crippen LogP contribution in [-0.2, 0) is 0 Å². The van der Waals surface area contributed by atoms with E-state index in [1.165, 1.54) is 0 Å². The molecule has 2 rings (SSSR count). The van der Waals surface area contributed by atoms with Gasteiger partial charge in [0.2, 0.25) is 0 Å². The largest absolute Gasteiger partial charge is 0.347 e. The van der Waals surface area contributed by atoms with Gasteiger partial charge in [0.1, 0.15) is 0 Å². The van der Waals surface area contributed by atoms with E-state index in [1.807, 2.05) is 12.1 Å². The van der Waals surface area contributed by atoms with Crippen LogP contribution < -0.4 is 5.32 Å². The van der Waals surface area contributed by atoms with Gasteiger partial charge in [0.05, 0.1) is 5.56 Å². The lowest BCUT2D eigenvalue weighted by atomic mass is 10.2. The SMILES string of the molecule is CC1(NC(=O)c2cc(S)ccc2Br)CC1. The number of benzene rings is 1. The lowest BCUT2D eigenvalue weighted by molar-refractivity contribution is 0.0934. The summed E-state index contributed by atoms with van der Waals surface area (Å²) in [6, 6.07) is 5.46. The molecule has 1 amide bonds. The van der Waals surface area contributed by atoms with E-state index in [-0.39, 0.29) is 11.4 Å². The minimum atomic E-state index is -0.0298. The van der Waals surface area contributed by atoms with Gasteiger partial charge in [-0.15, -0.1) is 12.6 Å². The summed E-state index contributed by atoms with van der Waals surface area (Å²) < 4.78 is 0.807. The summed E-state index contributed by atoms with van der Waals surface area (Å²) in [5.74, 6) is -0.0298. The van der Waals surface area contributed by atoms with Crippen molar-refractivity contribution in [2.24, 2.45) is 0 Å². The van der Waals surface area contributed by atoms with Gasteiger partial charge in [-0.1, -0.05) is 0 Å². The summed E-state index contributed by atoms with van der Waals surface area (Å²) >= 11 is 7.59. The highest BCUT2D eigenvalue weighted by Crippen LogP contribution is 2.35. The highest BCUT2D eigenvalue weighted by Gasteiger charge is 2.39. The zero-order chi connectivity index (χ0) is 11.1. The van der Waals surface area contributed by atoms with Crippen LogP contribution in [0.5, 0.6) is 0 Å². The molecular formula is C11H12BrNOS. The monoisotopic (exact) mass is 285 g/mol. The number of hydrogen-bond acceptors (Lipinski definition) is 2. The summed E-state index contributed by atoms with van der Waals surface area (Å²) in [6.07, 6.45) is 2.13. The molecule has 80 valence electrons. The Morgan fingerprint density at radius 3 is 2.80 bits per heavy atom. The number of hydrogen-bond donors (Lipinski definition) is 2. The molecule has 15 heavy (non-hydrogen) atoms. The van der Waals surface area contributed by atoms with E-state index in [9.17, 15) is 4.79 Å². The zero-order valence-corrected chi connectivity index (χ0v) is 10.9. The first-order valence-corrected chi connectivity index (χ1v) is 6.05. The molecular weight excluding hydrogens is 274 g/mol. The van der Waals surface area contributed by atoms with Gasteiger partial charge in [0.25, 0.3) is 5.91 Å². The second kappa shape index (κ2) is 3.83. The molecule has 1 aromatic carbocycles. The van der Waals surface area contributed by atoms with Crippen LogP contribution in [0.3, 0.4) is 0 Å². The molecule has 1 saturated carbocycles. The standard InChI is InChI=1S/C11H12BrNOS/c1-11(4-5-11)13-10(14)8-6-7(15)2-3-9(8)12/h2-3,6,15H,4-5H2,1H3,(H,13,14). The lowest BCUT2D eigenvalue weighted by Crippen LogP contribution is -2.34. The van der Waals surface area contributed by atoms with Crippen LogP contribution in [0.4, 0.5) is 0 Å². The predicted octanol–water partition coefficient (Wildman–Crippen LogP) is 3.02. The summed E-state index contributed by atoms with van der Waals surface area (Å²) in [5.41, 5.74) is 0.666. The van der Waals surface area contributed by atoms with Crippen molar-refractivity contribution >= 4 is 34.5 Å². The van der Waals surface area contributed by atoms with E-state index in [0.29, 0.717) is 5.56 Å². The minimum Gasteiger partial charge on any atom is -0.347 e. The van der Waals surface area contributed by atoms with Crippen LogP contribution in [0.1, 0.15) is 30.1 Å². The first-order valence-electron chi connectivity index (χ1n) is 4.81. The Hall–Kier alpha value is -0.480. The van der Waals surface area contributed by atoms with Crippen LogP contribution in [0.2, 0.25) is 0 Å². The van der Waals surface area contributed by atoms with Crippen molar-refractivity contribution in [1.82, 2.24) is 5.32 Å². The maximum atomic E-state index is 11.9. The summed E-state index contributed by atoms with van der Waals surface area (Å²) in [5, 5.41) is 3.01. The summed E-state index contributed by atoms with van der Waals surface area (Å²) in [4.78, 5) is 12.7. The van der Waals surface area contributed by atoms with Gasteiger partial charge in [0.15, 0.2) is 0 Å². The molecule has 1 N–H and O–H groups in total. The Labute approximate surface area is 103 Å². The van der Waals surface area contributed by atoms with Crippen molar-refractivity contribution in [3.05, 3.63) is 28.2 Å². The minimum absolute atomic E-state index is 0.0170. The normalized spacial score (nSPS) is 17.3. The Bertz CT molecular complexity index is 415. The van der Waals surface area contributed by atoms with Crippen LogP contribution in [0.15, 0.2) is 27.6 Å². The maximum absolute atomic E-state index is 11.9. The molecule has 4 heteroatoms. The highest BCUT2D eigenvalue weighted by molar-refractivity contribution is 9.10. The first-order chi connectivity index (χ1) is 7.00. The zero-order valence-electron chi connectivity index (χ0n) is 8.38. The number of halogens is 1. The number of nitrogens with one attached hydrogen (secondary N) is 1. The predicted molar refractivity (Wildman–Crippen MR) is 66.5 cm³/mol. The molecule has 0 atom stereocenters. The molecule has 1 aliphatic carbocycles. The first kappa shape index (κ1) is 11.0. The van der Waals surface area contributed by atoms with Gasteiger partial charge in [-0.05, 0) is 53.9 Å². The molecule has 1 fully saturated rings. The third-order valence-corrected chi connectivity index (χ3v) is 3.58. The molecule has 2 nitrogen and oxygen atoms in total. The number of carbonyl (C=O) groups excluding carboxylic acids is 1. The highest BCUT2D eigenvalue weighted by atomic mass is 79.9. The Morgan fingerprint density at radius 1 is 1.53 bits per heavy atom. The fourth-order valence-electron chi connectivity index (χ4n) is 1.34. The van der Waals surface area contributed by atoms with Gasteiger partial charge in [-0.3, -0.25) is 4.79 Å². The topological polar surface area (TPSA) is 29.1 Å². The van der Waals surface area contributed by atoms with Crippen molar-refractivity contribution in [1.29, 1.82) is 0 Å². The third kappa shape index (κ3) is 2.55. The molecule has 0 radical (unpaired) electrons. The van der Waals surface area contributed by atoms with E-state index in [1.54, 1.807) is 6.07 Å². The molecule has 0 aliphatic heterocycles. The Morgan fingerprint density at radius 2 is 2.20 bits per heavy atom. The molecule has 0 heterocycles. The molecule has 0 saturated heterocycles. The molecule has 0 bridgehead atoms. The number of carbonyl (C=O) groups is 1. The molecule has 0 unspecified atom stereocenters. The van der Waals surface area contributed by atoms with Crippen LogP contribution in [-0.4, -0.2) is 11.4 Å². The quantitative estimate of drug-likeness (QED) is 0.804. The Balaban J connectivity index is 2.21. The van der Waals surface area contributed by atoms with Gasteiger partial charge >= 0.3 is 0 Å². The van der Waals surface area contributed by atoms with Gasteiger partial charge in [-0.25, -0.2) is 0 Å². The third-order valence-electron chi connectivity index (χ3n) is 2.61. The van der Waals surface area contributed by atoms with Gasteiger partial charge in [-0.2, -0.15) is 0 Å². The molecule has 1 aromatic rings. The average molecular weight is 286 g/mol. The molecule has 1 aliphatic rings. The maximum Gasteiger partial charge on any atom is 0.252 e. The molecule has 0 spiro atoms. The fraction of sp³-hybridized carbons (Fsp3) is 0.364. The van der Waals surface area contributed by atoms with E-state index in [0.717, 1.165) is 22.2 Å². The second-order valence-electron chi connectivity index (χ2n) is 4.18. The van der Waals surface area contributed by atoms with Crippen LogP contribution in [0, 0.1) is 0 Å². The van der Waals surface area contributed by atoms with Gasteiger partial charge < -0.3 is 5.32 Å². The van der Waals surface area contributed by atoms with Crippen LogP contribution >= 0.6 is 28.6 Å². The smallest absolute Gasteiger partial charge is 0.252 e. The molecule has 0 aromatic heterocycles.